The molecule has 1 fully saturated rings. The van der Waals surface area contributed by atoms with Gasteiger partial charge in [0.05, 0.1) is 0 Å². The van der Waals surface area contributed by atoms with E-state index in [4.69, 9.17) is 4.74 Å². The number of piperidine rings is 1. The lowest BCUT2D eigenvalue weighted by Crippen LogP contribution is -2.49. The molecule has 2 atom stereocenters. The van der Waals surface area contributed by atoms with Crippen LogP contribution in [-0.2, 0) is 16.1 Å². The summed E-state index contributed by atoms with van der Waals surface area (Å²) in [5.74, 6) is 0.801. The van der Waals surface area contributed by atoms with E-state index in [-0.39, 0.29) is 46.9 Å². The summed E-state index contributed by atoms with van der Waals surface area (Å²) in [7, 11) is 0. The van der Waals surface area contributed by atoms with Crippen molar-refractivity contribution in [2.75, 3.05) is 25.0 Å². The summed E-state index contributed by atoms with van der Waals surface area (Å²) in [5, 5.41) is 2.69. The van der Waals surface area contributed by atoms with Gasteiger partial charge in [0, 0.05) is 37.7 Å². The lowest BCUT2D eigenvalue weighted by atomic mass is 9.82. The van der Waals surface area contributed by atoms with E-state index >= 15 is 0 Å². The first-order valence-corrected chi connectivity index (χ1v) is 11.2. The summed E-state index contributed by atoms with van der Waals surface area (Å²) >= 11 is 0. The molecule has 0 unspecified atom stereocenters. The van der Waals surface area contributed by atoms with E-state index in [0.717, 1.165) is 12.1 Å². The summed E-state index contributed by atoms with van der Waals surface area (Å²) in [5.41, 5.74) is 0.962. The lowest BCUT2D eigenvalue weighted by Gasteiger charge is -2.43. The van der Waals surface area contributed by atoms with Crippen molar-refractivity contribution in [3.05, 3.63) is 58.5 Å². The van der Waals surface area contributed by atoms with Gasteiger partial charge in [0.1, 0.15) is 11.4 Å². The molecule has 2 bridgehead atoms. The van der Waals surface area contributed by atoms with Crippen LogP contribution in [0.25, 0.3) is 0 Å². The molecule has 0 aliphatic carbocycles. The molecule has 1 aromatic heterocycles. The number of fused-ring (bicyclic) bond motifs is 4. The molecule has 170 valence electrons. The number of aromatic nitrogens is 1. The molecule has 1 aromatic carbocycles. The minimum atomic E-state index is -0.374. The predicted octanol–water partition coefficient (Wildman–Crippen LogP) is 3.25. The first-order chi connectivity index (χ1) is 15.2. The van der Waals surface area contributed by atoms with Gasteiger partial charge in [0.25, 0.3) is 11.5 Å². The number of hydrogen-bond acceptors (Lipinski definition) is 4. The van der Waals surface area contributed by atoms with Crippen LogP contribution in [0.15, 0.2) is 47.3 Å². The molecule has 32 heavy (non-hydrogen) atoms. The van der Waals surface area contributed by atoms with Gasteiger partial charge >= 0.3 is 0 Å². The Morgan fingerprint density at radius 3 is 2.53 bits per heavy atom. The molecular formula is C25H31N3O4. The van der Waals surface area contributed by atoms with Crippen LogP contribution < -0.4 is 15.6 Å². The number of amides is 2. The third-order valence-electron chi connectivity index (χ3n) is 6.03. The molecule has 4 rings (SSSR count). The number of benzene rings is 1. The van der Waals surface area contributed by atoms with Crippen molar-refractivity contribution in [3.63, 3.8) is 0 Å². The van der Waals surface area contributed by atoms with E-state index in [1.807, 2.05) is 29.2 Å². The summed E-state index contributed by atoms with van der Waals surface area (Å²) < 4.78 is 7.24. The number of likely N-dealkylation sites (tertiary alicyclic amines) is 1. The van der Waals surface area contributed by atoms with Gasteiger partial charge < -0.3 is 19.5 Å². The first kappa shape index (κ1) is 22.1. The summed E-state index contributed by atoms with van der Waals surface area (Å²) in [6, 6.07) is 12.7. The zero-order valence-electron chi connectivity index (χ0n) is 19.0. The average molecular weight is 438 g/mol. The van der Waals surface area contributed by atoms with Crippen LogP contribution in [0, 0.1) is 11.3 Å². The first-order valence-electron chi connectivity index (χ1n) is 11.2. The highest BCUT2D eigenvalue weighted by atomic mass is 16.5. The maximum atomic E-state index is 13.1. The summed E-state index contributed by atoms with van der Waals surface area (Å²) in [6.07, 6.45) is 1.50. The van der Waals surface area contributed by atoms with Gasteiger partial charge in [0.15, 0.2) is 6.61 Å². The van der Waals surface area contributed by atoms with Crippen molar-refractivity contribution in [2.45, 2.75) is 46.1 Å². The maximum absolute atomic E-state index is 13.1. The molecule has 1 saturated heterocycles. The molecule has 0 spiro atoms. The Bertz CT molecular complexity index is 1060. The Hall–Kier alpha value is -3.09. The number of nitrogens with zero attached hydrogens (tertiary/aromatic N) is 2. The fourth-order valence-electron chi connectivity index (χ4n) is 4.66. The van der Waals surface area contributed by atoms with Crippen LogP contribution in [0.1, 0.15) is 45.2 Å². The Labute approximate surface area is 188 Å². The minimum Gasteiger partial charge on any atom is -0.484 e. The largest absolute Gasteiger partial charge is 0.484 e. The standard InChI is InChI=1S/C25H31N3O4/c1-25(2,3)12-23(30)27-13-17-11-18(15-27)21-10-9-20(24(31)28(21)14-17)26-22(29)16-32-19-7-5-4-6-8-19/h4-10,17-18H,11-16H2,1-3H3,(H,26,29)/t17-,18-/m1/s1. The second kappa shape index (κ2) is 8.81. The molecule has 2 aliphatic heterocycles. The second-order valence-electron chi connectivity index (χ2n) is 10.1. The number of pyridine rings is 1. The molecule has 7 nitrogen and oxygen atoms in total. The zero-order chi connectivity index (χ0) is 22.9. The zero-order valence-corrected chi connectivity index (χ0v) is 19.0. The summed E-state index contributed by atoms with van der Waals surface area (Å²) in [6.45, 7) is 7.94. The molecule has 2 aromatic rings. The molecule has 0 radical (unpaired) electrons. The third kappa shape index (κ3) is 5.03. The monoisotopic (exact) mass is 437 g/mol. The van der Waals surface area contributed by atoms with Crippen LogP contribution in [0.5, 0.6) is 5.75 Å². The molecule has 3 heterocycles. The van der Waals surface area contributed by atoms with Crippen LogP contribution in [0.3, 0.4) is 0 Å². The normalized spacial score (nSPS) is 19.8. The average Bonchev–Trinajstić information content (AvgIpc) is 2.74. The fraction of sp³-hybridized carbons (Fsp3) is 0.480. The van der Waals surface area contributed by atoms with Crippen molar-refractivity contribution in [1.82, 2.24) is 9.47 Å². The maximum Gasteiger partial charge on any atom is 0.274 e. The van der Waals surface area contributed by atoms with E-state index in [1.54, 1.807) is 22.8 Å². The molecule has 7 heteroatoms. The van der Waals surface area contributed by atoms with Crippen LogP contribution in [0.2, 0.25) is 0 Å². The molecule has 2 amide bonds. The van der Waals surface area contributed by atoms with Crippen LogP contribution >= 0.6 is 0 Å². The lowest BCUT2D eigenvalue weighted by molar-refractivity contribution is -0.135. The Morgan fingerprint density at radius 2 is 1.81 bits per heavy atom. The quantitative estimate of drug-likeness (QED) is 0.779. The highest BCUT2D eigenvalue weighted by Crippen LogP contribution is 2.36. The predicted molar refractivity (Wildman–Crippen MR) is 123 cm³/mol. The number of para-hydroxylation sites is 1. The topological polar surface area (TPSA) is 80.6 Å². The Morgan fingerprint density at radius 1 is 1.06 bits per heavy atom. The summed E-state index contributed by atoms with van der Waals surface area (Å²) in [4.78, 5) is 40.1. The van der Waals surface area contributed by atoms with Gasteiger partial charge in [-0.25, -0.2) is 0 Å². The Balaban J connectivity index is 1.44. The van der Waals surface area contributed by atoms with Crippen molar-refractivity contribution in [2.24, 2.45) is 11.3 Å². The second-order valence-corrected chi connectivity index (χ2v) is 10.1. The molecule has 1 N–H and O–H groups in total. The van der Waals surface area contributed by atoms with E-state index in [2.05, 4.69) is 26.1 Å². The van der Waals surface area contributed by atoms with E-state index in [9.17, 15) is 14.4 Å². The van der Waals surface area contributed by atoms with Crippen molar-refractivity contribution in [3.8, 4) is 5.75 Å². The number of rotatable bonds is 5. The van der Waals surface area contributed by atoms with Gasteiger partial charge in [0.2, 0.25) is 5.91 Å². The van der Waals surface area contributed by atoms with Crippen molar-refractivity contribution >= 4 is 17.5 Å². The molecule has 0 saturated carbocycles. The van der Waals surface area contributed by atoms with E-state index in [1.165, 1.54) is 0 Å². The van der Waals surface area contributed by atoms with Gasteiger partial charge in [-0.1, -0.05) is 39.0 Å². The Kier molecular flexibility index (Phi) is 6.09. The number of nitrogens with one attached hydrogen (secondary N) is 1. The molecule has 2 aliphatic rings. The number of carbonyl (C=O) groups excluding carboxylic acids is 2. The van der Waals surface area contributed by atoms with Gasteiger partial charge in [-0.15, -0.1) is 0 Å². The van der Waals surface area contributed by atoms with Crippen molar-refractivity contribution < 1.29 is 14.3 Å². The van der Waals surface area contributed by atoms with Crippen LogP contribution in [0.4, 0.5) is 5.69 Å². The SMILES string of the molecule is CC(C)(C)CC(=O)N1C[C@H]2C[C@H](C1)c1ccc(NC(=O)COc3ccccc3)c(=O)n1C2. The number of carbonyl (C=O) groups is 2. The highest BCUT2D eigenvalue weighted by Gasteiger charge is 2.37. The number of anilines is 1. The van der Waals surface area contributed by atoms with Gasteiger partial charge in [-0.05, 0) is 42.0 Å². The van der Waals surface area contributed by atoms with E-state index in [0.29, 0.717) is 31.8 Å². The minimum absolute atomic E-state index is 0.0458. The molecular weight excluding hydrogens is 406 g/mol. The van der Waals surface area contributed by atoms with Gasteiger partial charge in [-0.2, -0.15) is 0 Å². The highest BCUT2D eigenvalue weighted by molar-refractivity contribution is 5.91. The smallest absolute Gasteiger partial charge is 0.274 e. The van der Waals surface area contributed by atoms with Crippen LogP contribution in [-0.4, -0.2) is 41.0 Å². The van der Waals surface area contributed by atoms with Crippen molar-refractivity contribution in [1.29, 1.82) is 0 Å². The van der Waals surface area contributed by atoms with E-state index < -0.39 is 0 Å². The number of ether oxygens (including phenoxy) is 1. The van der Waals surface area contributed by atoms with Gasteiger partial charge in [-0.3, -0.25) is 14.4 Å². The third-order valence-corrected chi connectivity index (χ3v) is 6.03. The fourth-order valence-corrected chi connectivity index (χ4v) is 4.66. The number of hydrogen-bond donors (Lipinski definition) is 1.